The zero-order chi connectivity index (χ0) is 33.7. The van der Waals surface area contributed by atoms with Gasteiger partial charge in [-0.3, -0.25) is 0 Å². The fourth-order valence-corrected chi connectivity index (χ4v) is 7.17. The van der Waals surface area contributed by atoms with E-state index in [1.807, 2.05) is 24.3 Å². The molecule has 2 aromatic heterocycles. The summed E-state index contributed by atoms with van der Waals surface area (Å²) >= 11 is 0. The van der Waals surface area contributed by atoms with Gasteiger partial charge < -0.3 is 13.7 Å². The Hall–Kier alpha value is -6.91. The molecule has 0 N–H and O–H groups in total. The minimum atomic E-state index is 0.617. The van der Waals surface area contributed by atoms with Crippen molar-refractivity contribution in [2.75, 3.05) is 4.90 Å². The molecule has 10 rings (SSSR count). The molecule has 0 bridgehead atoms. The Morgan fingerprint density at radius 1 is 0.392 bits per heavy atom. The van der Waals surface area contributed by atoms with Crippen molar-refractivity contribution in [2.45, 2.75) is 0 Å². The van der Waals surface area contributed by atoms with E-state index < -0.39 is 0 Å². The molecular formula is C47H30N2O2. The maximum Gasteiger partial charge on any atom is 0.227 e. The standard InChI is InChI=1S/C47H30N2O2/c1-2-10-31(11-3-1)35-14-8-15-38(29-35)49(39-26-27-45-42(30-39)41-16-6-7-19-44(41)50-45)37-24-22-33(23-25-37)40-17-9-18-43-46(40)51-47(48-43)36-21-20-32-12-4-5-13-34(32)28-36/h1-30H. The van der Waals surface area contributed by atoms with Crippen LogP contribution < -0.4 is 4.90 Å². The predicted molar refractivity (Wildman–Crippen MR) is 210 cm³/mol. The Balaban J connectivity index is 1.07. The van der Waals surface area contributed by atoms with Gasteiger partial charge in [-0.1, -0.05) is 115 Å². The topological polar surface area (TPSA) is 42.4 Å². The molecule has 0 saturated heterocycles. The molecule has 8 aromatic carbocycles. The van der Waals surface area contributed by atoms with Crippen LogP contribution in [0.15, 0.2) is 191 Å². The number of hydrogen-bond donors (Lipinski definition) is 0. The summed E-state index contributed by atoms with van der Waals surface area (Å²) in [6.45, 7) is 0. The molecule has 0 saturated carbocycles. The Morgan fingerprint density at radius 2 is 1.10 bits per heavy atom. The summed E-state index contributed by atoms with van der Waals surface area (Å²) in [5.41, 5.74) is 11.9. The van der Waals surface area contributed by atoms with Crippen LogP contribution in [-0.2, 0) is 0 Å². The van der Waals surface area contributed by atoms with Gasteiger partial charge in [-0.25, -0.2) is 4.98 Å². The van der Waals surface area contributed by atoms with Crippen molar-refractivity contribution < 1.29 is 8.83 Å². The van der Waals surface area contributed by atoms with Crippen LogP contribution in [0.1, 0.15) is 0 Å². The van der Waals surface area contributed by atoms with Gasteiger partial charge in [0.15, 0.2) is 5.58 Å². The van der Waals surface area contributed by atoms with Crippen molar-refractivity contribution in [1.29, 1.82) is 0 Å². The zero-order valence-corrected chi connectivity index (χ0v) is 27.5. The summed E-state index contributed by atoms with van der Waals surface area (Å²) < 4.78 is 12.7. The van der Waals surface area contributed by atoms with Crippen molar-refractivity contribution in [3.63, 3.8) is 0 Å². The quantitative estimate of drug-likeness (QED) is 0.179. The second kappa shape index (κ2) is 11.9. The summed E-state index contributed by atoms with van der Waals surface area (Å²) in [5, 5.41) is 4.54. The van der Waals surface area contributed by atoms with Crippen molar-refractivity contribution >= 4 is 60.9 Å². The minimum absolute atomic E-state index is 0.617. The van der Waals surface area contributed by atoms with E-state index in [1.165, 1.54) is 10.9 Å². The molecule has 0 amide bonds. The largest absolute Gasteiger partial charge is 0.456 e. The lowest BCUT2D eigenvalue weighted by atomic mass is 10.0. The third-order valence-corrected chi connectivity index (χ3v) is 9.68. The second-order valence-corrected chi connectivity index (χ2v) is 12.8. The molecule has 0 aliphatic carbocycles. The van der Waals surface area contributed by atoms with Gasteiger partial charge in [0.05, 0.1) is 0 Å². The van der Waals surface area contributed by atoms with Crippen LogP contribution in [0.4, 0.5) is 17.1 Å². The first-order valence-corrected chi connectivity index (χ1v) is 17.1. The van der Waals surface area contributed by atoms with Crippen LogP contribution in [0.25, 0.3) is 77.5 Å². The average molecular weight is 655 g/mol. The van der Waals surface area contributed by atoms with Crippen molar-refractivity contribution in [3.8, 4) is 33.7 Å². The number of furan rings is 1. The molecule has 240 valence electrons. The molecular weight excluding hydrogens is 625 g/mol. The number of para-hydroxylation sites is 2. The van der Waals surface area contributed by atoms with Crippen LogP contribution in [0.5, 0.6) is 0 Å². The molecule has 4 heteroatoms. The van der Waals surface area contributed by atoms with Crippen LogP contribution in [0.3, 0.4) is 0 Å². The van der Waals surface area contributed by atoms with Crippen molar-refractivity contribution in [3.05, 3.63) is 182 Å². The summed E-state index contributed by atoms with van der Waals surface area (Å²) in [5.74, 6) is 0.617. The Bertz CT molecular complexity index is 2870. The maximum atomic E-state index is 6.50. The predicted octanol–water partition coefficient (Wildman–Crippen LogP) is 13.4. The van der Waals surface area contributed by atoms with Gasteiger partial charge in [0.25, 0.3) is 0 Å². The van der Waals surface area contributed by atoms with E-state index in [4.69, 9.17) is 13.8 Å². The van der Waals surface area contributed by atoms with Crippen LogP contribution in [-0.4, -0.2) is 4.98 Å². The van der Waals surface area contributed by atoms with Gasteiger partial charge in [-0.15, -0.1) is 0 Å². The summed E-state index contributed by atoms with van der Waals surface area (Å²) in [6, 6.07) is 63.4. The number of rotatable bonds is 6. The van der Waals surface area contributed by atoms with E-state index in [1.54, 1.807) is 0 Å². The van der Waals surface area contributed by atoms with Gasteiger partial charge in [-0.2, -0.15) is 0 Å². The van der Waals surface area contributed by atoms with Gasteiger partial charge >= 0.3 is 0 Å². The summed E-state index contributed by atoms with van der Waals surface area (Å²) in [4.78, 5) is 7.20. The van der Waals surface area contributed by atoms with Gasteiger partial charge in [0.1, 0.15) is 16.7 Å². The fourth-order valence-electron chi connectivity index (χ4n) is 7.17. The second-order valence-electron chi connectivity index (χ2n) is 12.8. The van der Waals surface area contributed by atoms with Crippen LogP contribution in [0, 0.1) is 0 Å². The molecule has 2 heterocycles. The monoisotopic (exact) mass is 654 g/mol. The van der Waals surface area contributed by atoms with E-state index in [-0.39, 0.29) is 0 Å². The van der Waals surface area contributed by atoms with Crippen molar-refractivity contribution in [1.82, 2.24) is 4.98 Å². The van der Waals surface area contributed by atoms with Crippen molar-refractivity contribution in [2.24, 2.45) is 0 Å². The van der Waals surface area contributed by atoms with E-state index >= 15 is 0 Å². The first-order valence-electron chi connectivity index (χ1n) is 17.1. The molecule has 0 aliphatic heterocycles. The lowest BCUT2D eigenvalue weighted by molar-refractivity contribution is 0.621. The molecule has 10 aromatic rings. The fraction of sp³-hybridized carbons (Fsp3) is 0. The molecule has 0 radical (unpaired) electrons. The molecule has 0 aliphatic rings. The third-order valence-electron chi connectivity index (χ3n) is 9.68. The number of nitrogens with zero attached hydrogens (tertiary/aromatic N) is 2. The Kier molecular flexibility index (Phi) is 6.78. The van der Waals surface area contributed by atoms with Gasteiger partial charge in [0.2, 0.25) is 5.89 Å². The highest BCUT2D eigenvalue weighted by Gasteiger charge is 2.18. The Morgan fingerprint density at radius 3 is 2.00 bits per heavy atom. The number of aromatic nitrogens is 1. The maximum absolute atomic E-state index is 6.50. The molecule has 4 nitrogen and oxygen atoms in total. The lowest BCUT2D eigenvalue weighted by Crippen LogP contribution is -2.10. The summed E-state index contributed by atoms with van der Waals surface area (Å²) in [7, 11) is 0. The van der Waals surface area contributed by atoms with E-state index in [2.05, 4.69) is 163 Å². The number of oxazole rings is 1. The van der Waals surface area contributed by atoms with E-state index in [9.17, 15) is 0 Å². The Labute approximate surface area is 294 Å². The average Bonchev–Trinajstić information content (AvgIpc) is 3.81. The molecule has 51 heavy (non-hydrogen) atoms. The summed E-state index contributed by atoms with van der Waals surface area (Å²) in [6.07, 6.45) is 0. The number of fused-ring (bicyclic) bond motifs is 5. The molecule has 0 atom stereocenters. The zero-order valence-electron chi connectivity index (χ0n) is 27.5. The highest BCUT2D eigenvalue weighted by Crippen LogP contribution is 2.41. The number of hydrogen-bond acceptors (Lipinski definition) is 4. The van der Waals surface area contributed by atoms with E-state index in [0.29, 0.717) is 5.89 Å². The third kappa shape index (κ3) is 5.13. The highest BCUT2D eigenvalue weighted by molar-refractivity contribution is 6.06. The van der Waals surface area contributed by atoms with E-state index in [0.717, 1.165) is 77.7 Å². The first-order chi connectivity index (χ1) is 25.2. The SMILES string of the molecule is c1ccc(-c2cccc(N(c3ccc(-c4cccc5nc(-c6ccc7ccccc7c6)oc45)cc3)c3ccc4oc5ccccc5c4c3)c2)cc1. The van der Waals surface area contributed by atoms with Crippen LogP contribution in [0.2, 0.25) is 0 Å². The minimum Gasteiger partial charge on any atom is -0.456 e. The number of benzene rings is 8. The normalized spacial score (nSPS) is 11.5. The molecule has 0 spiro atoms. The highest BCUT2D eigenvalue weighted by atomic mass is 16.3. The smallest absolute Gasteiger partial charge is 0.227 e. The van der Waals surface area contributed by atoms with Gasteiger partial charge in [0, 0.05) is 39.0 Å². The van der Waals surface area contributed by atoms with Crippen LogP contribution >= 0.6 is 0 Å². The first kappa shape index (κ1) is 29.0. The number of anilines is 3. The molecule has 0 unspecified atom stereocenters. The molecule has 0 fully saturated rings. The van der Waals surface area contributed by atoms with Gasteiger partial charge in [-0.05, 0) is 94.2 Å². The lowest BCUT2D eigenvalue weighted by Gasteiger charge is -2.26.